The van der Waals surface area contributed by atoms with Gasteiger partial charge in [-0.1, -0.05) is 25.4 Å². The molecule has 2 rings (SSSR count). The number of halogens is 1. The molecule has 0 aromatic carbocycles. The number of hydrogen-bond acceptors (Lipinski definition) is 4. The van der Waals surface area contributed by atoms with Gasteiger partial charge in [0.15, 0.2) is 0 Å². The Hall–Kier alpha value is -0.840. The van der Waals surface area contributed by atoms with Crippen LogP contribution in [0.25, 0.3) is 0 Å². The summed E-state index contributed by atoms with van der Waals surface area (Å²) in [7, 11) is 0. The summed E-state index contributed by atoms with van der Waals surface area (Å²) in [5.74, 6) is 0.700. The van der Waals surface area contributed by atoms with Gasteiger partial charge in [-0.15, -0.1) is 0 Å². The van der Waals surface area contributed by atoms with Crippen LogP contribution < -0.4 is 5.32 Å². The van der Waals surface area contributed by atoms with Crippen molar-refractivity contribution < 1.29 is 4.74 Å². The lowest BCUT2D eigenvalue weighted by Crippen LogP contribution is -2.46. The molecule has 5 heteroatoms. The molecule has 0 amide bonds. The molecule has 0 aliphatic carbocycles. The molecule has 0 saturated carbocycles. The van der Waals surface area contributed by atoms with Crippen LogP contribution in [0.1, 0.15) is 13.8 Å². The van der Waals surface area contributed by atoms with Gasteiger partial charge in [0.2, 0.25) is 0 Å². The van der Waals surface area contributed by atoms with E-state index in [0.29, 0.717) is 11.1 Å². The molecular formula is C14H22ClN3O. The highest BCUT2D eigenvalue weighted by molar-refractivity contribution is 6.29. The summed E-state index contributed by atoms with van der Waals surface area (Å²) >= 11 is 5.86. The van der Waals surface area contributed by atoms with E-state index >= 15 is 0 Å². The van der Waals surface area contributed by atoms with E-state index < -0.39 is 0 Å². The lowest BCUT2D eigenvalue weighted by Gasteiger charge is -2.34. The van der Waals surface area contributed by atoms with Gasteiger partial charge in [0.1, 0.15) is 5.15 Å². The van der Waals surface area contributed by atoms with Crippen LogP contribution in [0.5, 0.6) is 0 Å². The Kier molecular flexibility index (Phi) is 5.43. The number of nitrogens with one attached hydrogen (secondary N) is 1. The second-order valence-corrected chi connectivity index (χ2v) is 5.78. The number of nitrogens with zero attached hydrogens (tertiary/aromatic N) is 2. The molecule has 2 heterocycles. The maximum atomic E-state index is 5.86. The van der Waals surface area contributed by atoms with Gasteiger partial charge in [0.05, 0.1) is 12.7 Å². The van der Waals surface area contributed by atoms with Crippen molar-refractivity contribution in [3.63, 3.8) is 0 Å². The first-order chi connectivity index (χ1) is 9.13. The standard InChI is InChI=1S/C14H22ClN3O/c1-11(2)9-18-5-6-19-13(10-18)8-17-12-3-4-16-14(15)7-12/h3-4,7,11,13H,5-6,8-10H2,1-2H3,(H,16,17). The number of morpholine rings is 1. The first kappa shape index (κ1) is 14.6. The van der Waals surface area contributed by atoms with Crippen LogP contribution in [0.3, 0.4) is 0 Å². The van der Waals surface area contributed by atoms with Gasteiger partial charge in [0, 0.05) is 38.1 Å². The maximum absolute atomic E-state index is 5.86. The van der Waals surface area contributed by atoms with Crippen molar-refractivity contribution in [2.45, 2.75) is 20.0 Å². The molecule has 1 aromatic rings. The fourth-order valence-corrected chi connectivity index (χ4v) is 2.50. The van der Waals surface area contributed by atoms with E-state index in [-0.39, 0.29) is 6.10 Å². The maximum Gasteiger partial charge on any atom is 0.131 e. The molecule has 1 aromatic heterocycles. The fourth-order valence-electron chi connectivity index (χ4n) is 2.33. The van der Waals surface area contributed by atoms with Gasteiger partial charge in [-0.2, -0.15) is 0 Å². The second-order valence-electron chi connectivity index (χ2n) is 5.39. The minimum Gasteiger partial charge on any atom is -0.382 e. The Morgan fingerprint density at radius 1 is 1.58 bits per heavy atom. The predicted octanol–water partition coefficient (Wildman–Crippen LogP) is 2.50. The van der Waals surface area contributed by atoms with E-state index in [9.17, 15) is 0 Å². The summed E-state index contributed by atoms with van der Waals surface area (Å²) < 4.78 is 5.79. The average Bonchev–Trinajstić information content (AvgIpc) is 2.36. The quantitative estimate of drug-likeness (QED) is 0.843. The third-order valence-electron chi connectivity index (χ3n) is 3.11. The Morgan fingerprint density at radius 3 is 3.16 bits per heavy atom. The summed E-state index contributed by atoms with van der Waals surface area (Å²) in [6.07, 6.45) is 1.94. The Balaban J connectivity index is 1.79. The van der Waals surface area contributed by atoms with Crippen molar-refractivity contribution in [3.05, 3.63) is 23.5 Å². The van der Waals surface area contributed by atoms with Crippen LogP contribution in [0.4, 0.5) is 5.69 Å². The molecule has 1 aliphatic heterocycles. The van der Waals surface area contributed by atoms with E-state index in [2.05, 4.69) is 29.0 Å². The molecule has 0 spiro atoms. The highest BCUT2D eigenvalue weighted by atomic mass is 35.5. The van der Waals surface area contributed by atoms with Gasteiger partial charge in [-0.3, -0.25) is 4.90 Å². The lowest BCUT2D eigenvalue weighted by atomic mass is 10.2. The summed E-state index contributed by atoms with van der Waals surface area (Å²) in [6.45, 7) is 9.29. The van der Waals surface area contributed by atoms with Crippen LogP contribution in [0, 0.1) is 5.92 Å². The monoisotopic (exact) mass is 283 g/mol. The smallest absolute Gasteiger partial charge is 0.131 e. The minimum absolute atomic E-state index is 0.236. The van der Waals surface area contributed by atoms with Crippen LogP contribution in [0.2, 0.25) is 5.15 Å². The molecule has 1 unspecified atom stereocenters. The van der Waals surface area contributed by atoms with E-state index in [1.807, 2.05) is 12.1 Å². The van der Waals surface area contributed by atoms with E-state index in [4.69, 9.17) is 16.3 Å². The number of aromatic nitrogens is 1. The molecule has 106 valence electrons. The van der Waals surface area contributed by atoms with Gasteiger partial charge >= 0.3 is 0 Å². The number of rotatable bonds is 5. The van der Waals surface area contributed by atoms with Crippen molar-refractivity contribution >= 4 is 17.3 Å². The summed E-state index contributed by atoms with van der Waals surface area (Å²) in [6, 6.07) is 3.75. The predicted molar refractivity (Wildman–Crippen MR) is 78.8 cm³/mol. The molecule has 1 aliphatic rings. The van der Waals surface area contributed by atoms with E-state index in [0.717, 1.165) is 38.5 Å². The highest BCUT2D eigenvalue weighted by Crippen LogP contribution is 2.13. The van der Waals surface area contributed by atoms with Gasteiger partial charge in [-0.25, -0.2) is 4.98 Å². The minimum atomic E-state index is 0.236. The van der Waals surface area contributed by atoms with Gasteiger partial charge < -0.3 is 10.1 Å². The number of pyridine rings is 1. The summed E-state index contributed by atoms with van der Waals surface area (Å²) in [5, 5.41) is 3.86. The van der Waals surface area contributed by atoms with Crippen molar-refractivity contribution in [1.29, 1.82) is 0 Å². The van der Waals surface area contributed by atoms with Gasteiger partial charge in [-0.05, 0) is 18.1 Å². The Labute approximate surface area is 120 Å². The lowest BCUT2D eigenvalue weighted by molar-refractivity contribution is -0.0244. The zero-order valence-electron chi connectivity index (χ0n) is 11.6. The molecular weight excluding hydrogens is 262 g/mol. The Morgan fingerprint density at radius 2 is 2.42 bits per heavy atom. The van der Waals surface area contributed by atoms with Crippen LogP contribution >= 0.6 is 11.6 Å². The van der Waals surface area contributed by atoms with E-state index in [1.54, 1.807) is 6.20 Å². The molecule has 1 atom stereocenters. The molecule has 1 fully saturated rings. The zero-order valence-corrected chi connectivity index (χ0v) is 12.4. The van der Waals surface area contributed by atoms with Crippen LogP contribution in [0.15, 0.2) is 18.3 Å². The molecule has 0 bridgehead atoms. The third-order valence-corrected chi connectivity index (χ3v) is 3.31. The SMILES string of the molecule is CC(C)CN1CCOC(CNc2ccnc(Cl)c2)C1. The van der Waals surface area contributed by atoms with Crippen molar-refractivity contribution in [3.8, 4) is 0 Å². The van der Waals surface area contributed by atoms with Crippen molar-refractivity contribution in [2.75, 3.05) is 38.1 Å². The first-order valence-electron chi connectivity index (χ1n) is 6.83. The van der Waals surface area contributed by atoms with Gasteiger partial charge in [0.25, 0.3) is 0 Å². The second kappa shape index (κ2) is 7.08. The van der Waals surface area contributed by atoms with Crippen molar-refractivity contribution in [1.82, 2.24) is 9.88 Å². The summed E-state index contributed by atoms with van der Waals surface area (Å²) in [5.41, 5.74) is 0.990. The molecule has 4 nitrogen and oxygen atoms in total. The first-order valence-corrected chi connectivity index (χ1v) is 7.20. The topological polar surface area (TPSA) is 37.4 Å². The molecule has 1 N–H and O–H groups in total. The highest BCUT2D eigenvalue weighted by Gasteiger charge is 2.20. The van der Waals surface area contributed by atoms with Crippen LogP contribution in [-0.2, 0) is 4.74 Å². The fraction of sp³-hybridized carbons (Fsp3) is 0.643. The van der Waals surface area contributed by atoms with Crippen molar-refractivity contribution in [2.24, 2.45) is 5.92 Å². The largest absolute Gasteiger partial charge is 0.382 e. The third kappa shape index (κ3) is 4.97. The normalized spacial score (nSPS) is 20.7. The molecule has 1 saturated heterocycles. The Bertz CT molecular complexity index is 400. The summed E-state index contributed by atoms with van der Waals surface area (Å²) in [4.78, 5) is 6.44. The van der Waals surface area contributed by atoms with Crippen LogP contribution in [-0.4, -0.2) is 48.8 Å². The average molecular weight is 284 g/mol. The number of ether oxygens (including phenoxy) is 1. The number of anilines is 1. The zero-order chi connectivity index (χ0) is 13.7. The molecule has 0 radical (unpaired) electrons. The number of hydrogen-bond donors (Lipinski definition) is 1. The van der Waals surface area contributed by atoms with E-state index in [1.165, 1.54) is 0 Å². The molecule has 19 heavy (non-hydrogen) atoms.